The zero-order chi connectivity index (χ0) is 20.6. The highest BCUT2D eigenvalue weighted by atomic mass is 35.5. The molecule has 1 atom stereocenters. The van der Waals surface area contributed by atoms with Crippen LogP contribution in [0.1, 0.15) is 22.8 Å². The Balaban J connectivity index is 1.54. The maximum absolute atomic E-state index is 13.0. The number of aromatic nitrogens is 1. The van der Waals surface area contributed by atoms with E-state index in [-0.39, 0.29) is 24.6 Å². The fourth-order valence-corrected chi connectivity index (χ4v) is 6.27. The number of nitrogens with zero attached hydrogens (tertiary/aromatic N) is 2. The Morgan fingerprint density at radius 2 is 1.83 bits per heavy atom. The number of benzene rings is 2. The molecular weight excluding hydrogens is 408 g/mol. The highest BCUT2D eigenvalue weighted by Gasteiger charge is 2.33. The molecule has 4 rings (SSSR count). The zero-order valence-corrected chi connectivity index (χ0v) is 17.8. The number of carbonyl (C=O) groups excluding carboxylic acids is 1. The van der Waals surface area contributed by atoms with E-state index in [1.807, 2.05) is 42.1 Å². The van der Waals surface area contributed by atoms with Crippen molar-refractivity contribution in [2.24, 2.45) is 7.05 Å². The van der Waals surface area contributed by atoms with Crippen LogP contribution in [0.2, 0.25) is 5.02 Å². The lowest BCUT2D eigenvalue weighted by atomic mass is 10.1. The molecule has 1 aromatic heterocycles. The fraction of sp³-hybridized carbons (Fsp3) is 0.318. The molecule has 29 heavy (non-hydrogen) atoms. The quantitative estimate of drug-likeness (QED) is 0.635. The van der Waals surface area contributed by atoms with Crippen LogP contribution in [0, 0.1) is 0 Å². The molecule has 1 amide bonds. The first-order chi connectivity index (χ1) is 13.9. The number of hydrogen-bond acceptors (Lipinski definition) is 3. The SMILES string of the molecule is Cn1cc(CC(=O)N2CCC(c3ccccc3Cl)S(=O)(=O)CC2)c2ccccc21. The Hall–Kier alpha value is -2.31. The third-order valence-corrected chi connectivity index (χ3v) is 8.12. The highest BCUT2D eigenvalue weighted by Crippen LogP contribution is 2.34. The lowest BCUT2D eigenvalue weighted by Gasteiger charge is -2.20. The summed E-state index contributed by atoms with van der Waals surface area (Å²) in [6, 6.07) is 15.0. The van der Waals surface area contributed by atoms with Crippen LogP contribution in [0.25, 0.3) is 10.9 Å². The first kappa shape index (κ1) is 20.0. The van der Waals surface area contributed by atoms with Crippen LogP contribution in [0.3, 0.4) is 0 Å². The summed E-state index contributed by atoms with van der Waals surface area (Å²) in [5.41, 5.74) is 2.66. The number of amides is 1. The van der Waals surface area contributed by atoms with Gasteiger partial charge in [0, 0.05) is 42.3 Å². The molecule has 0 N–H and O–H groups in total. The molecule has 2 heterocycles. The first-order valence-electron chi connectivity index (χ1n) is 9.63. The van der Waals surface area contributed by atoms with Crippen molar-refractivity contribution < 1.29 is 13.2 Å². The van der Waals surface area contributed by atoms with Crippen LogP contribution < -0.4 is 0 Å². The van der Waals surface area contributed by atoms with E-state index in [0.29, 0.717) is 23.6 Å². The van der Waals surface area contributed by atoms with Crippen molar-refractivity contribution in [1.29, 1.82) is 0 Å². The van der Waals surface area contributed by atoms with Gasteiger partial charge in [0.1, 0.15) is 0 Å². The second-order valence-corrected chi connectivity index (χ2v) is 10.2. The van der Waals surface area contributed by atoms with Crippen molar-refractivity contribution >= 4 is 38.2 Å². The number of hydrogen-bond donors (Lipinski definition) is 0. The van der Waals surface area contributed by atoms with Crippen LogP contribution in [-0.4, -0.2) is 42.6 Å². The number of aryl methyl sites for hydroxylation is 1. The molecule has 0 bridgehead atoms. The Labute approximate surface area is 175 Å². The van der Waals surface area contributed by atoms with Gasteiger partial charge in [-0.05, 0) is 29.7 Å². The molecule has 0 saturated carbocycles. The van der Waals surface area contributed by atoms with Crippen LogP contribution in [0.4, 0.5) is 0 Å². The average molecular weight is 431 g/mol. The number of fused-ring (bicyclic) bond motifs is 1. The molecule has 1 saturated heterocycles. The number of carbonyl (C=O) groups is 1. The smallest absolute Gasteiger partial charge is 0.227 e. The van der Waals surface area contributed by atoms with Crippen molar-refractivity contribution in [2.75, 3.05) is 18.8 Å². The van der Waals surface area contributed by atoms with Gasteiger partial charge in [0.25, 0.3) is 0 Å². The van der Waals surface area contributed by atoms with Gasteiger partial charge >= 0.3 is 0 Å². The number of halogens is 1. The summed E-state index contributed by atoms with van der Waals surface area (Å²) in [6.07, 6.45) is 2.59. The molecule has 2 aromatic carbocycles. The Bertz CT molecular complexity index is 1170. The van der Waals surface area contributed by atoms with E-state index in [9.17, 15) is 13.2 Å². The molecule has 1 aliphatic heterocycles. The molecule has 7 heteroatoms. The van der Waals surface area contributed by atoms with Crippen molar-refractivity contribution in [2.45, 2.75) is 18.1 Å². The van der Waals surface area contributed by atoms with Gasteiger partial charge in [0.15, 0.2) is 9.84 Å². The van der Waals surface area contributed by atoms with Crippen LogP contribution >= 0.6 is 11.6 Å². The maximum Gasteiger partial charge on any atom is 0.227 e. The monoisotopic (exact) mass is 430 g/mol. The molecule has 3 aromatic rings. The van der Waals surface area contributed by atoms with E-state index < -0.39 is 15.1 Å². The standard InChI is InChI=1S/C22H23ClN2O3S/c1-24-15-16(17-6-3-5-9-20(17)24)14-22(26)25-11-10-21(29(27,28)13-12-25)18-7-2-4-8-19(18)23/h2-9,15,21H,10-14H2,1H3. The minimum absolute atomic E-state index is 0.0450. The van der Waals surface area contributed by atoms with Crippen molar-refractivity contribution in [3.63, 3.8) is 0 Å². The fourth-order valence-electron chi connectivity index (χ4n) is 4.12. The molecule has 1 fully saturated rings. The molecule has 1 aliphatic rings. The van der Waals surface area contributed by atoms with Crippen LogP contribution in [0.15, 0.2) is 54.7 Å². The minimum atomic E-state index is -3.39. The number of para-hydroxylation sites is 1. The van der Waals surface area contributed by atoms with Crippen molar-refractivity contribution in [3.8, 4) is 0 Å². The summed E-state index contributed by atoms with van der Waals surface area (Å²) in [5.74, 6) is -0.0965. The van der Waals surface area contributed by atoms with E-state index in [2.05, 4.69) is 0 Å². The third kappa shape index (κ3) is 3.91. The predicted molar refractivity (Wildman–Crippen MR) is 116 cm³/mol. The molecule has 152 valence electrons. The minimum Gasteiger partial charge on any atom is -0.350 e. The summed E-state index contributed by atoms with van der Waals surface area (Å²) in [7, 11) is -1.43. The van der Waals surface area contributed by atoms with Gasteiger partial charge in [0.2, 0.25) is 5.91 Å². The maximum atomic E-state index is 13.0. The van der Waals surface area contributed by atoms with Gasteiger partial charge in [-0.1, -0.05) is 48.0 Å². The second kappa shape index (κ2) is 7.84. The van der Waals surface area contributed by atoms with Crippen LogP contribution in [0.5, 0.6) is 0 Å². The Morgan fingerprint density at radius 3 is 2.62 bits per heavy atom. The summed E-state index contributed by atoms with van der Waals surface area (Å²) in [5, 5.41) is 0.836. The van der Waals surface area contributed by atoms with Crippen molar-refractivity contribution in [1.82, 2.24) is 9.47 Å². The third-order valence-electron chi connectivity index (χ3n) is 5.67. The van der Waals surface area contributed by atoms with Gasteiger partial charge in [-0.25, -0.2) is 8.42 Å². The second-order valence-electron chi connectivity index (χ2n) is 7.51. The van der Waals surface area contributed by atoms with Gasteiger partial charge in [-0.2, -0.15) is 0 Å². The van der Waals surface area contributed by atoms with E-state index in [1.165, 1.54) is 0 Å². The molecule has 0 spiro atoms. The average Bonchev–Trinajstić information content (AvgIpc) is 2.91. The summed E-state index contributed by atoms with van der Waals surface area (Å²) < 4.78 is 27.7. The predicted octanol–water partition coefficient (Wildman–Crippen LogP) is 3.76. The first-order valence-corrected chi connectivity index (χ1v) is 11.7. The van der Waals surface area contributed by atoms with E-state index in [0.717, 1.165) is 16.5 Å². The molecule has 5 nitrogen and oxygen atoms in total. The molecular formula is C22H23ClN2O3S. The Morgan fingerprint density at radius 1 is 1.10 bits per heavy atom. The summed E-state index contributed by atoms with van der Waals surface area (Å²) >= 11 is 6.25. The van der Waals surface area contributed by atoms with Gasteiger partial charge in [0.05, 0.1) is 17.4 Å². The number of sulfone groups is 1. The zero-order valence-electron chi connectivity index (χ0n) is 16.2. The largest absolute Gasteiger partial charge is 0.350 e. The van der Waals surface area contributed by atoms with Gasteiger partial charge in [-0.3, -0.25) is 4.79 Å². The molecule has 0 aliphatic carbocycles. The van der Waals surface area contributed by atoms with E-state index in [1.54, 1.807) is 29.2 Å². The Kier molecular flexibility index (Phi) is 5.40. The highest BCUT2D eigenvalue weighted by molar-refractivity contribution is 7.91. The van der Waals surface area contributed by atoms with Crippen molar-refractivity contribution in [3.05, 3.63) is 70.9 Å². The van der Waals surface area contributed by atoms with E-state index >= 15 is 0 Å². The molecule has 0 radical (unpaired) electrons. The lowest BCUT2D eigenvalue weighted by molar-refractivity contribution is -0.130. The van der Waals surface area contributed by atoms with E-state index in [4.69, 9.17) is 11.6 Å². The van der Waals surface area contributed by atoms with Gasteiger partial charge < -0.3 is 9.47 Å². The van der Waals surface area contributed by atoms with Gasteiger partial charge in [-0.15, -0.1) is 0 Å². The van der Waals surface area contributed by atoms with Crippen LogP contribution in [-0.2, 0) is 28.1 Å². The number of rotatable bonds is 3. The molecule has 1 unspecified atom stereocenters. The summed E-state index contributed by atoms with van der Waals surface area (Å²) in [4.78, 5) is 14.7. The lowest BCUT2D eigenvalue weighted by Crippen LogP contribution is -2.34. The summed E-state index contributed by atoms with van der Waals surface area (Å²) in [6.45, 7) is 0.617. The topological polar surface area (TPSA) is 59.4 Å². The normalized spacial score (nSPS) is 19.2.